The molecule has 0 spiro atoms. The minimum absolute atomic E-state index is 0.00519. The third-order valence-corrected chi connectivity index (χ3v) is 8.09. The topological polar surface area (TPSA) is 83.6 Å². The molecular formula is C21H19FN2O4S2. The second kappa shape index (κ2) is 7.73. The normalized spacial score (nSPS) is 14.2. The van der Waals surface area contributed by atoms with E-state index in [0.717, 1.165) is 17.7 Å². The first-order chi connectivity index (χ1) is 14.3. The number of fused-ring (bicyclic) bond motifs is 1. The second-order valence-corrected chi connectivity index (χ2v) is 10.4. The highest BCUT2D eigenvalue weighted by molar-refractivity contribution is 7.93. The Bertz CT molecular complexity index is 1280. The first kappa shape index (κ1) is 20.4. The van der Waals surface area contributed by atoms with Gasteiger partial charge >= 0.3 is 0 Å². The predicted molar refractivity (Wildman–Crippen MR) is 113 cm³/mol. The average molecular weight is 447 g/mol. The van der Waals surface area contributed by atoms with Crippen molar-refractivity contribution in [1.29, 1.82) is 0 Å². The minimum atomic E-state index is -3.86. The zero-order valence-electron chi connectivity index (χ0n) is 15.8. The Morgan fingerprint density at radius 3 is 2.23 bits per heavy atom. The van der Waals surface area contributed by atoms with Crippen molar-refractivity contribution in [1.82, 2.24) is 0 Å². The van der Waals surface area contributed by atoms with E-state index in [2.05, 4.69) is 4.72 Å². The molecule has 4 rings (SSSR count). The van der Waals surface area contributed by atoms with Crippen LogP contribution in [0, 0.1) is 5.82 Å². The van der Waals surface area contributed by atoms with Gasteiger partial charge in [-0.3, -0.25) is 9.03 Å². The number of benzene rings is 3. The fourth-order valence-electron chi connectivity index (χ4n) is 3.42. The molecule has 0 saturated carbocycles. The molecule has 0 radical (unpaired) electrons. The number of hydrogen-bond acceptors (Lipinski definition) is 4. The summed E-state index contributed by atoms with van der Waals surface area (Å²) in [6.45, 7) is 0.293. The number of anilines is 2. The molecule has 3 aromatic carbocycles. The molecule has 156 valence electrons. The predicted octanol–water partition coefficient (Wildman–Crippen LogP) is 3.77. The lowest BCUT2D eigenvalue weighted by molar-refractivity contribution is 0.585. The zero-order chi connectivity index (χ0) is 21.4. The van der Waals surface area contributed by atoms with Gasteiger partial charge in [-0.05, 0) is 73.0 Å². The highest BCUT2D eigenvalue weighted by Crippen LogP contribution is 2.34. The van der Waals surface area contributed by atoms with Crippen molar-refractivity contribution in [3.63, 3.8) is 0 Å². The van der Waals surface area contributed by atoms with Gasteiger partial charge in [0.25, 0.3) is 20.0 Å². The Balaban J connectivity index is 1.66. The largest absolute Gasteiger partial charge is 0.280 e. The summed E-state index contributed by atoms with van der Waals surface area (Å²) in [6.07, 6.45) is 1.20. The lowest BCUT2D eigenvalue weighted by atomic mass is 10.0. The maximum Gasteiger partial charge on any atom is 0.264 e. The van der Waals surface area contributed by atoms with E-state index in [9.17, 15) is 21.2 Å². The molecule has 1 heterocycles. The number of rotatable bonds is 5. The van der Waals surface area contributed by atoms with Crippen LogP contribution in [-0.4, -0.2) is 23.4 Å². The fourth-order valence-corrected chi connectivity index (χ4v) is 6.03. The number of hydrogen-bond donors (Lipinski definition) is 1. The molecule has 0 unspecified atom stereocenters. The van der Waals surface area contributed by atoms with E-state index in [1.807, 2.05) is 0 Å². The van der Waals surface area contributed by atoms with Gasteiger partial charge in [-0.1, -0.05) is 18.2 Å². The molecule has 1 aliphatic heterocycles. The van der Waals surface area contributed by atoms with Crippen LogP contribution in [0.4, 0.5) is 15.8 Å². The number of halogens is 1. The van der Waals surface area contributed by atoms with Gasteiger partial charge in [-0.15, -0.1) is 0 Å². The Labute approximate surface area is 175 Å². The Morgan fingerprint density at radius 1 is 0.833 bits per heavy atom. The summed E-state index contributed by atoms with van der Waals surface area (Å²) in [7, 11) is -7.60. The molecular weight excluding hydrogens is 427 g/mol. The van der Waals surface area contributed by atoms with Crippen molar-refractivity contribution in [2.45, 2.75) is 22.6 Å². The zero-order valence-corrected chi connectivity index (χ0v) is 17.5. The fraction of sp³-hybridized carbons (Fsp3) is 0.143. The highest BCUT2D eigenvalue weighted by atomic mass is 32.2. The Morgan fingerprint density at radius 2 is 1.53 bits per heavy atom. The number of sulfonamides is 2. The molecule has 0 atom stereocenters. The monoisotopic (exact) mass is 446 g/mol. The lowest BCUT2D eigenvalue weighted by Crippen LogP contribution is -2.35. The van der Waals surface area contributed by atoms with Crippen LogP contribution < -0.4 is 9.03 Å². The lowest BCUT2D eigenvalue weighted by Gasteiger charge is -2.31. The van der Waals surface area contributed by atoms with Gasteiger partial charge in [0.2, 0.25) is 0 Å². The molecule has 30 heavy (non-hydrogen) atoms. The molecule has 9 heteroatoms. The van der Waals surface area contributed by atoms with Crippen molar-refractivity contribution in [3.05, 3.63) is 84.2 Å². The molecule has 3 aromatic rings. The van der Waals surface area contributed by atoms with Crippen molar-refractivity contribution in [3.8, 4) is 0 Å². The van der Waals surface area contributed by atoms with Crippen LogP contribution in [0.1, 0.15) is 12.0 Å². The van der Waals surface area contributed by atoms with Crippen LogP contribution in [0.15, 0.2) is 82.6 Å². The Kier molecular flexibility index (Phi) is 5.25. The maximum atomic E-state index is 13.2. The summed E-state index contributed by atoms with van der Waals surface area (Å²) in [6, 6.07) is 17.5. The molecule has 6 nitrogen and oxygen atoms in total. The van der Waals surface area contributed by atoms with Crippen LogP contribution in [0.5, 0.6) is 0 Å². The molecule has 0 aromatic heterocycles. The molecule has 0 fully saturated rings. The SMILES string of the molecule is O=S(=O)(Nc1ccc2c(c1)CCCN2S(=O)(=O)c1ccc(F)cc1)c1ccccc1. The molecule has 0 aliphatic carbocycles. The van der Waals surface area contributed by atoms with Crippen LogP contribution in [0.3, 0.4) is 0 Å². The average Bonchev–Trinajstić information content (AvgIpc) is 2.74. The van der Waals surface area contributed by atoms with Crippen LogP contribution in [-0.2, 0) is 26.5 Å². The quantitative estimate of drug-likeness (QED) is 0.647. The van der Waals surface area contributed by atoms with Gasteiger partial charge < -0.3 is 0 Å². The van der Waals surface area contributed by atoms with Gasteiger partial charge in [0.05, 0.1) is 15.5 Å². The van der Waals surface area contributed by atoms with Gasteiger partial charge in [-0.25, -0.2) is 21.2 Å². The van der Waals surface area contributed by atoms with E-state index < -0.39 is 25.9 Å². The second-order valence-electron chi connectivity index (χ2n) is 6.90. The smallest absolute Gasteiger partial charge is 0.264 e. The van der Waals surface area contributed by atoms with E-state index in [0.29, 0.717) is 30.8 Å². The van der Waals surface area contributed by atoms with E-state index in [1.54, 1.807) is 30.3 Å². The molecule has 1 N–H and O–H groups in total. The first-order valence-electron chi connectivity index (χ1n) is 9.26. The summed E-state index contributed by atoms with van der Waals surface area (Å²) in [5, 5.41) is 0. The van der Waals surface area contributed by atoms with Crippen molar-refractivity contribution >= 4 is 31.4 Å². The maximum absolute atomic E-state index is 13.2. The molecule has 0 bridgehead atoms. The van der Waals surface area contributed by atoms with Gasteiger partial charge in [-0.2, -0.15) is 0 Å². The van der Waals surface area contributed by atoms with Gasteiger partial charge in [0.15, 0.2) is 0 Å². The van der Waals surface area contributed by atoms with Gasteiger partial charge in [0.1, 0.15) is 5.82 Å². The van der Waals surface area contributed by atoms with Crippen molar-refractivity contribution in [2.24, 2.45) is 0 Å². The minimum Gasteiger partial charge on any atom is -0.280 e. The highest BCUT2D eigenvalue weighted by Gasteiger charge is 2.29. The Hall–Kier alpha value is -2.91. The van der Waals surface area contributed by atoms with E-state index >= 15 is 0 Å². The van der Waals surface area contributed by atoms with Crippen molar-refractivity contribution < 1.29 is 21.2 Å². The summed E-state index contributed by atoms with van der Waals surface area (Å²) < 4.78 is 68.2. The van der Waals surface area contributed by atoms with E-state index in [4.69, 9.17) is 0 Å². The molecule has 0 amide bonds. The number of aryl methyl sites for hydroxylation is 1. The summed E-state index contributed by atoms with van der Waals surface area (Å²) in [5.41, 5.74) is 1.58. The number of nitrogens with one attached hydrogen (secondary N) is 1. The summed E-state index contributed by atoms with van der Waals surface area (Å²) >= 11 is 0. The first-order valence-corrected chi connectivity index (χ1v) is 12.2. The van der Waals surface area contributed by atoms with Gasteiger partial charge in [0, 0.05) is 12.2 Å². The standard InChI is InChI=1S/C21H19FN2O4S2/c22-17-8-11-20(12-9-17)30(27,28)24-14-4-5-16-15-18(10-13-21(16)24)23-29(25,26)19-6-2-1-3-7-19/h1-3,6-13,15,23H,4-5,14H2. The summed E-state index contributed by atoms with van der Waals surface area (Å²) in [4.78, 5) is 0.147. The summed E-state index contributed by atoms with van der Waals surface area (Å²) in [5.74, 6) is -0.511. The van der Waals surface area contributed by atoms with Crippen LogP contribution in [0.2, 0.25) is 0 Å². The molecule has 0 saturated heterocycles. The van der Waals surface area contributed by atoms with Crippen molar-refractivity contribution in [2.75, 3.05) is 15.6 Å². The van der Waals surface area contributed by atoms with E-state index in [-0.39, 0.29) is 9.79 Å². The van der Waals surface area contributed by atoms with Crippen LogP contribution >= 0.6 is 0 Å². The van der Waals surface area contributed by atoms with Crippen LogP contribution in [0.25, 0.3) is 0 Å². The third-order valence-electron chi connectivity index (χ3n) is 4.86. The van der Waals surface area contributed by atoms with E-state index in [1.165, 1.54) is 34.6 Å². The number of nitrogens with zero attached hydrogens (tertiary/aromatic N) is 1. The molecule has 1 aliphatic rings. The third kappa shape index (κ3) is 3.90.